The average molecular weight is 418 g/mol. The first-order valence-electron chi connectivity index (χ1n) is 11.5. The van der Waals surface area contributed by atoms with Gasteiger partial charge < -0.3 is 15.2 Å². The van der Waals surface area contributed by atoms with Crippen molar-refractivity contribution in [2.75, 3.05) is 7.11 Å². The van der Waals surface area contributed by atoms with Crippen molar-refractivity contribution in [1.82, 2.24) is 5.32 Å². The van der Waals surface area contributed by atoms with Gasteiger partial charge in [0.05, 0.1) is 12.2 Å². The van der Waals surface area contributed by atoms with Gasteiger partial charge >= 0.3 is 0 Å². The SMILES string of the molecule is COC1CC(=O)C23C(=O)NC(CC(C)C)C2C(C)C(C)=CC3C=C(C)CCCC1O. The van der Waals surface area contributed by atoms with Gasteiger partial charge in [-0.3, -0.25) is 9.59 Å². The number of allylic oxidation sites excluding steroid dienone is 4. The van der Waals surface area contributed by atoms with Crippen LogP contribution in [0.3, 0.4) is 0 Å². The number of hydrogen-bond acceptors (Lipinski definition) is 4. The van der Waals surface area contributed by atoms with Crippen LogP contribution in [0.15, 0.2) is 23.3 Å². The first-order valence-corrected chi connectivity index (χ1v) is 11.5. The van der Waals surface area contributed by atoms with Crippen LogP contribution in [-0.4, -0.2) is 42.2 Å². The van der Waals surface area contributed by atoms with Crippen molar-refractivity contribution in [3.8, 4) is 0 Å². The summed E-state index contributed by atoms with van der Waals surface area (Å²) in [6.07, 6.45) is 6.21. The zero-order valence-corrected chi connectivity index (χ0v) is 19.4. The standard InChI is InChI=1S/C25H39NO4/c1-14(2)10-19-23-17(5)16(4)12-18-11-15(3)8-7-9-20(27)21(30-6)13-22(28)25(18,23)24(29)26-19/h11-12,14,17-21,23,27H,7-10,13H2,1-6H3,(H,26,29). The number of rotatable bonds is 3. The maximum atomic E-state index is 14.0. The zero-order valence-electron chi connectivity index (χ0n) is 19.4. The third kappa shape index (κ3) is 3.91. The molecule has 1 heterocycles. The van der Waals surface area contributed by atoms with Crippen molar-refractivity contribution in [3.63, 3.8) is 0 Å². The number of nitrogens with one attached hydrogen (secondary N) is 1. The number of carbonyl (C=O) groups is 2. The van der Waals surface area contributed by atoms with Gasteiger partial charge in [0.15, 0.2) is 5.78 Å². The summed E-state index contributed by atoms with van der Waals surface area (Å²) in [5, 5.41) is 13.9. The van der Waals surface area contributed by atoms with Crippen LogP contribution in [0, 0.1) is 29.1 Å². The molecule has 7 unspecified atom stereocenters. The smallest absolute Gasteiger partial charge is 0.235 e. The first-order chi connectivity index (χ1) is 14.1. The molecule has 0 bridgehead atoms. The van der Waals surface area contributed by atoms with Crippen molar-refractivity contribution < 1.29 is 19.4 Å². The molecule has 3 rings (SSSR count). The monoisotopic (exact) mass is 417 g/mol. The van der Waals surface area contributed by atoms with Gasteiger partial charge in [-0.2, -0.15) is 0 Å². The molecule has 7 atom stereocenters. The summed E-state index contributed by atoms with van der Waals surface area (Å²) in [5.41, 5.74) is 1.30. The minimum absolute atomic E-state index is 0.0210. The molecule has 3 aliphatic rings. The fourth-order valence-electron chi connectivity index (χ4n) is 6.10. The molecule has 168 valence electrons. The lowest BCUT2D eigenvalue weighted by Crippen LogP contribution is -2.53. The first kappa shape index (κ1) is 23.2. The van der Waals surface area contributed by atoms with E-state index in [4.69, 9.17) is 4.74 Å². The second kappa shape index (κ2) is 8.96. The van der Waals surface area contributed by atoms with Crippen molar-refractivity contribution >= 4 is 11.7 Å². The minimum Gasteiger partial charge on any atom is -0.390 e. The summed E-state index contributed by atoms with van der Waals surface area (Å²) >= 11 is 0. The number of aliphatic hydroxyl groups is 1. The molecule has 2 aliphatic carbocycles. The average Bonchev–Trinajstić information content (AvgIpc) is 2.94. The van der Waals surface area contributed by atoms with Gasteiger partial charge in [0.2, 0.25) is 5.91 Å². The Morgan fingerprint density at radius 1 is 1.27 bits per heavy atom. The van der Waals surface area contributed by atoms with E-state index in [1.165, 1.54) is 11.1 Å². The van der Waals surface area contributed by atoms with E-state index in [2.05, 4.69) is 52.1 Å². The molecular formula is C25H39NO4. The summed E-state index contributed by atoms with van der Waals surface area (Å²) in [6, 6.07) is -0.0210. The number of aliphatic hydroxyl groups excluding tert-OH is 1. The summed E-state index contributed by atoms with van der Waals surface area (Å²) < 4.78 is 5.54. The molecule has 1 aliphatic heterocycles. The van der Waals surface area contributed by atoms with E-state index < -0.39 is 17.6 Å². The van der Waals surface area contributed by atoms with Gasteiger partial charge in [-0.05, 0) is 51.4 Å². The van der Waals surface area contributed by atoms with E-state index in [0.29, 0.717) is 12.3 Å². The zero-order chi connectivity index (χ0) is 22.2. The maximum Gasteiger partial charge on any atom is 0.235 e. The topological polar surface area (TPSA) is 75.6 Å². The van der Waals surface area contributed by atoms with Gasteiger partial charge in [-0.1, -0.05) is 44.1 Å². The van der Waals surface area contributed by atoms with E-state index >= 15 is 0 Å². The van der Waals surface area contributed by atoms with Crippen LogP contribution >= 0.6 is 0 Å². The Morgan fingerprint density at radius 2 is 1.97 bits per heavy atom. The molecule has 1 spiro atoms. The molecule has 0 aromatic carbocycles. The van der Waals surface area contributed by atoms with E-state index in [-0.39, 0.29) is 41.9 Å². The third-order valence-electron chi connectivity index (χ3n) is 7.72. The highest BCUT2D eigenvalue weighted by atomic mass is 16.5. The minimum atomic E-state index is -1.12. The van der Waals surface area contributed by atoms with E-state index in [1.807, 2.05) is 0 Å². The van der Waals surface area contributed by atoms with Crippen LogP contribution in [0.5, 0.6) is 0 Å². The lowest BCUT2D eigenvalue weighted by atomic mass is 9.54. The Labute approximate surface area is 181 Å². The second-order valence-corrected chi connectivity index (χ2v) is 10.2. The third-order valence-corrected chi connectivity index (χ3v) is 7.72. The molecule has 0 radical (unpaired) electrons. The summed E-state index contributed by atoms with van der Waals surface area (Å²) in [5.74, 6) is -0.0146. The van der Waals surface area contributed by atoms with Crippen LogP contribution in [0.1, 0.15) is 66.7 Å². The number of hydrogen-bond donors (Lipinski definition) is 2. The Morgan fingerprint density at radius 3 is 2.60 bits per heavy atom. The van der Waals surface area contributed by atoms with Gasteiger partial charge in [0.1, 0.15) is 5.41 Å². The van der Waals surface area contributed by atoms with Crippen LogP contribution in [-0.2, 0) is 14.3 Å². The summed E-state index contributed by atoms with van der Waals surface area (Å²) in [7, 11) is 1.54. The maximum absolute atomic E-state index is 14.0. The molecule has 1 amide bonds. The lowest BCUT2D eigenvalue weighted by Gasteiger charge is -2.45. The molecule has 2 N–H and O–H groups in total. The molecule has 0 saturated carbocycles. The van der Waals surface area contributed by atoms with Crippen molar-refractivity contribution in [1.29, 1.82) is 0 Å². The van der Waals surface area contributed by atoms with Gasteiger partial charge in [-0.15, -0.1) is 0 Å². The lowest BCUT2D eigenvalue weighted by molar-refractivity contribution is -0.148. The summed E-state index contributed by atoms with van der Waals surface area (Å²) in [6.45, 7) is 10.7. The van der Waals surface area contributed by atoms with Crippen LogP contribution < -0.4 is 5.32 Å². The van der Waals surface area contributed by atoms with Gasteiger partial charge in [0, 0.05) is 31.4 Å². The Hall–Kier alpha value is -1.46. The molecule has 30 heavy (non-hydrogen) atoms. The fraction of sp³-hybridized carbons (Fsp3) is 0.760. The predicted molar refractivity (Wildman–Crippen MR) is 118 cm³/mol. The van der Waals surface area contributed by atoms with E-state index in [0.717, 1.165) is 19.3 Å². The number of ketones is 1. The van der Waals surface area contributed by atoms with E-state index in [9.17, 15) is 14.7 Å². The summed E-state index contributed by atoms with van der Waals surface area (Å²) in [4.78, 5) is 27.6. The van der Waals surface area contributed by atoms with Gasteiger partial charge in [0.25, 0.3) is 0 Å². The molecule has 0 aromatic heterocycles. The normalized spacial score (nSPS) is 40.1. The Balaban J connectivity index is 2.18. The largest absolute Gasteiger partial charge is 0.390 e. The van der Waals surface area contributed by atoms with Crippen molar-refractivity contribution in [3.05, 3.63) is 23.3 Å². The molecule has 0 aromatic rings. The number of methoxy groups -OCH3 is 1. The Kier molecular flexibility index (Phi) is 6.93. The number of ether oxygens (including phenoxy) is 1. The number of carbonyl (C=O) groups excluding carboxylic acids is 2. The van der Waals surface area contributed by atoms with Crippen molar-refractivity contribution in [2.24, 2.45) is 29.1 Å². The molecule has 1 fully saturated rings. The van der Waals surface area contributed by atoms with Crippen LogP contribution in [0.25, 0.3) is 0 Å². The quantitative estimate of drug-likeness (QED) is 0.541. The van der Waals surface area contributed by atoms with E-state index in [1.54, 1.807) is 7.11 Å². The predicted octanol–water partition coefficient (Wildman–Crippen LogP) is 3.81. The highest BCUT2D eigenvalue weighted by Crippen LogP contribution is 2.55. The van der Waals surface area contributed by atoms with Crippen LogP contribution in [0.2, 0.25) is 0 Å². The highest BCUT2D eigenvalue weighted by molar-refractivity contribution is 6.09. The molecule has 5 heteroatoms. The molecule has 1 saturated heterocycles. The highest BCUT2D eigenvalue weighted by Gasteiger charge is 2.65. The van der Waals surface area contributed by atoms with Crippen LogP contribution in [0.4, 0.5) is 0 Å². The molecular weight excluding hydrogens is 378 g/mol. The number of Topliss-reactive ketones (excluding diaryl/α,β-unsaturated/α-hetero) is 1. The van der Waals surface area contributed by atoms with Gasteiger partial charge in [-0.25, -0.2) is 0 Å². The molecule has 5 nitrogen and oxygen atoms in total. The van der Waals surface area contributed by atoms with Crippen molar-refractivity contribution in [2.45, 2.75) is 85.0 Å². The second-order valence-electron chi connectivity index (χ2n) is 10.2. The number of amides is 1. The fourth-order valence-corrected chi connectivity index (χ4v) is 6.10. The Bertz CT molecular complexity index is 739.